The summed E-state index contributed by atoms with van der Waals surface area (Å²) in [5, 5.41) is 9.45. The molecule has 4 N–H and O–H groups in total. The Morgan fingerprint density at radius 2 is 2.14 bits per heavy atom. The number of hydrogen-bond acceptors (Lipinski definition) is 4. The Morgan fingerprint density at radius 1 is 1.43 bits per heavy atom. The monoisotopic (exact) mass is 311 g/mol. The minimum atomic E-state index is -0.378. The number of thiophene rings is 1. The van der Waals surface area contributed by atoms with Crippen molar-refractivity contribution in [1.82, 2.24) is 10.6 Å². The molecular weight excluding hydrogens is 286 g/mol. The first-order valence-electron chi connectivity index (χ1n) is 7.20. The normalized spacial score (nSPS) is 13.8. The van der Waals surface area contributed by atoms with Crippen LogP contribution in [0.4, 0.5) is 0 Å². The van der Waals surface area contributed by atoms with Crippen molar-refractivity contribution < 1.29 is 9.59 Å². The third-order valence-corrected chi connectivity index (χ3v) is 4.46. The zero-order chi connectivity index (χ0) is 15.9. The smallest absolute Gasteiger partial charge is 0.252 e. The lowest BCUT2D eigenvalue weighted by molar-refractivity contribution is -0.123. The average Bonchev–Trinajstić information content (AvgIpc) is 2.97. The third-order valence-electron chi connectivity index (χ3n) is 3.77. The highest BCUT2D eigenvalue weighted by Gasteiger charge is 2.28. The predicted molar refractivity (Wildman–Crippen MR) is 86.3 cm³/mol. The van der Waals surface area contributed by atoms with Crippen molar-refractivity contribution in [3.63, 3.8) is 0 Å². The van der Waals surface area contributed by atoms with E-state index in [1.165, 1.54) is 11.3 Å². The molecule has 0 bridgehead atoms. The van der Waals surface area contributed by atoms with Crippen LogP contribution < -0.4 is 16.4 Å². The van der Waals surface area contributed by atoms with Gasteiger partial charge in [0.15, 0.2) is 0 Å². The van der Waals surface area contributed by atoms with E-state index in [1.54, 1.807) is 11.4 Å². The van der Waals surface area contributed by atoms with Crippen molar-refractivity contribution >= 4 is 23.2 Å². The van der Waals surface area contributed by atoms with Crippen molar-refractivity contribution in [1.29, 1.82) is 0 Å². The van der Waals surface area contributed by atoms with E-state index in [4.69, 9.17) is 5.73 Å². The summed E-state index contributed by atoms with van der Waals surface area (Å²) in [6.07, 6.45) is 0.993. The lowest BCUT2D eigenvalue weighted by atomic mass is 9.88. The van der Waals surface area contributed by atoms with Crippen molar-refractivity contribution in [2.75, 3.05) is 13.1 Å². The summed E-state index contributed by atoms with van der Waals surface area (Å²) in [6, 6.07) is 1.78. The minimum absolute atomic E-state index is 0.0265. The maximum atomic E-state index is 11.9. The number of nitrogens with two attached hydrogens (primary N) is 1. The van der Waals surface area contributed by atoms with Gasteiger partial charge in [0, 0.05) is 30.5 Å². The maximum absolute atomic E-state index is 11.9. The highest BCUT2D eigenvalue weighted by Crippen LogP contribution is 2.15. The summed E-state index contributed by atoms with van der Waals surface area (Å²) in [7, 11) is 0. The van der Waals surface area contributed by atoms with Gasteiger partial charge in [-0.3, -0.25) is 9.59 Å². The maximum Gasteiger partial charge on any atom is 0.252 e. The number of carbonyl (C=O) groups excluding carboxylic acids is 2. The number of amides is 2. The summed E-state index contributed by atoms with van der Waals surface area (Å²) < 4.78 is 0. The molecule has 0 aromatic carbocycles. The van der Waals surface area contributed by atoms with Gasteiger partial charge >= 0.3 is 0 Å². The summed E-state index contributed by atoms with van der Waals surface area (Å²) in [5.74, 6) is 0.150. The zero-order valence-corrected chi connectivity index (χ0v) is 13.8. The van der Waals surface area contributed by atoms with Crippen LogP contribution in [0.5, 0.6) is 0 Å². The van der Waals surface area contributed by atoms with Gasteiger partial charge < -0.3 is 16.4 Å². The molecule has 1 atom stereocenters. The fraction of sp³-hybridized carbons (Fsp3) is 0.600. The first kappa shape index (κ1) is 17.7. The lowest BCUT2D eigenvalue weighted by Gasteiger charge is -2.33. The molecule has 0 aliphatic rings. The summed E-state index contributed by atoms with van der Waals surface area (Å²) in [6.45, 7) is 6.92. The van der Waals surface area contributed by atoms with E-state index in [9.17, 15) is 9.59 Å². The SMILES string of the molecule is CC(C)C(C)(CN)NC(=O)CCCNC(=O)c1ccsc1. The average molecular weight is 311 g/mol. The van der Waals surface area contributed by atoms with Gasteiger partial charge in [-0.1, -0.05) is 13.8 Å². The van der Waals surface area contributed by atoms with Crippen LogP contribution in [0.15, 0.2) is 16.8 Å². The highest BCUT2D eigenvalue weighted by atomic mass is 32.1. The second-order valence-electron chi connectivity index (χ2n) is 5.70. The summed E-state index contributed by atoms with van der Waals surface area (Å²) >= 11 is 1.49. The van der Waals surface area contributed by atoms with E-state index in [0.717, 1.165) is 0 Å². The van der Waals surface area contributed by atoms with E-state index in [0.29, 0.717) is 31.5 Å². The molecular formula is C15H25N3O2S. The number of rotatable bonds is 8. The molecule has 118 valence electrons. The molecule has 0 fully saturated rings. The van der Waals surface area contributed by atoms with Crippen LogP contribution in [0.3, 0.4) is 0 Å². The van der Waals surface area contributed by atoms with E-state index in [1.807, 2.05) is 26.2 Å². The number of carbonyl (C=O) groups is 2. The fourth-order valence-electron chi connectivity index (χ4n) is 1.76. The Hall–Kier alpha value is -1.40. The summed E-state index contributed by atoms with van der Waals surface area (Å²) in [5.41, 5.74) is 6.02. The molecule has 1 unspecified atom stereocenters. The van der Waals surface area contributed by atoms with Crippen LogP contribution >= 0.6 is 11.3 Å². The van der Waals surface area contributed by atoms with Gasteiger partial charge in [-0.2, -0.15) is 11.3 Å². The van der Waals surface area contributed by atoms with Gasteiger partial charge in [0.2, 0.25) is 5.91 Å². The first-order chi connectivity index (χ1) is 9.89. The molecule has 0 spiro atoms. The van der Waals surface area contributed by atoms with Crippen molar-refractivity contribution in [2.24, 2.45) is 11.7 Å². The Kier molecular flexibility index (Phi) is 6.84. The van der Waals surface area contributed by atoms with Gasteiger partial charge in [0.1, 0.15) is 0 Å². The van der Waals surface area contributed by atoms with Crippen LogP contribution in [0, 0.1) is 5.92 Å². The van der Waals surface area contributed by atoms with Crippen LogP contribution in [0.2, 0.25) is 0 Å². The van der Waals surface area contributed by atoms with Crippen LogP contribution in [0.25, 0.3) is 0 Å². The van der Waals surface area contributed by atoms with Crippen molar-refractivity contribution in [3.8, 4) is 0 Å². The quantitative estimate of drug-likeness (QED) is 0.639. The molecule has 1 aromatic rings. The van der Waals surface area contributed by atoms with E-state index in [-0.39, 0.29) is 23.3 Å². The highest BCUT2D eigenvalue weighted by molar-refractivity contribution is 7.08. The van der Waals surface area contributed by atoms with Crippen molar-refractivity contribution in [2.45, 2.75) is 39.2 Å². The molecule has 5 nitrogen and oxygen atoms in total. The van der Waals surface area contributed by atoms with E-state index in [2.05, 4.69) is 10.6 Å². The molecule has 2 amide bonds. The molecule has 0 saturated heterocycles. The molecule has 6 heteroatoms. The standard InChI is InChI=1S/C15H25N3O2S/c1-11(2)15(3,10-16)18-13(19)5-4-7-17-14(20)12-6-8-21-9-12/h6,8-9,11H,4-5,7,10,16H2,1-3H3,(H,17,20)(H,18,19). The van der Waals surface area contributed by atoms with Crippen LogP contribution in [-0.4, -0.2) is 30.4 Å². The van der Waals surface area contributed by atoms with Gasteiger partial charge in [0.05, 0.1) is 5.54 Å². The molecule has 0 aliphatic carbocycles. The van der Waals surface area contributed by atoms with Crippen molar-refractivity contribution in [3.05, 3.63) is 22.4 Å². The third kappa shape index (κ3) is 5.47. The van der Waals surface area contributed by atoms with E-state index < -0.39 is 0 Å². The van der Waals surface area contributed by atoms with Crippen LogP contribution in [0.1, 0.15) is 44.0 Å². The van der Waals surface area contributed by atoms with Gasteiger partial charge in [-0.05, 0) is 30.7 Å². The molecule has 0 radical (unpaired) electrons. The zero-order valence-electron chi connectivity index (χ0n) is 12.9. The molecule has 0 saturated carbocycles. The Labute approximate surface area is 130 Å². The Balaban J connectivity index is 2.26. The van der Waals surface area contributed by atoms with Crippen LogP contribution in [-0.2, 0) is 4.79 Å². The molecule has 1 aromatic heterocycles. The second kappa shape index (κ2) is 8.14. The predicted octanol–water partition coefficient (Wildman–Crippen LogP) is 1.75. The van der Waals surface area contributed by atoms with Gasteiger partial charge in [-0.15, -0.1) is 0 Å². The second-order valence-corrected chi connectivity index (χ2v) is 6.48. The first-order valence-corrected chi connectivity index (χ1v) is 8.15. The van der Waals surface area contributed by atoms with Gasteiger partial charge in [0.25, 0.3) is 5.91 Å². The topological polar surface area (TPSA) is 84.2 Å². The van der Waals surface area contributed by atoms with E-state index >= 15 is 0 Å². The Bertz CT molecular complexity index is 459. The fourth-order valence-corrected chi connectivity index (χ4v) is 2.39. The molecule has 1 heterocycles. The Morgan fingerprint density at radius 3 is 2.67 bits per heavy atom. The van der Waals surface area contributed by atoms with Gasteiger partial charge in [-0.25, -0.2) is 0 Å². The number of nitrogens with one attached hydrogen (secondary N) is 2. The molecule has 1 rings (SSSR count). The molecule has 0 aliphatic heterocycles. The lowest BCUT2D eigenvalue weighted by Crippen LogP contribution is -2.55. The minimum Gasteiger partial charge on any atom is -0.352 e. The number of hydrogen-bond donors (Lipinski definition) is 3. The largest absolute Gasteiger partial charge is 0.352 e. The summed E-state index contributed by atoms with van der Waals surface area (Å²) in [4.78, 5) is 23.6. The molecule has 21 heavy (non-hydrogen) atoms.